The Labute approximate surface area is 157 Å². The molecule has 0 aromatic heterocycles. The van der Waals surface area contributed by atoms with Crippen LogP contribution in [0.3, 0.4) is 0 Å². The molecule has 0 N–H and O–H groups in total. The van der Waals surface area contributed by atoms with Gasteiger partial charge < -0.3 is 19.1 Å². The first-order valence-corrected chi connectivity index (χ1v) is 9.73. The van der Waals surface area contributed by atoms with E-state index in [0.29, 0.717) is 18.1 Å². The second-order valence-corrected chi connectivity index (χ2v) is 6.88. The molecule has 5 heteroatoms. The van der Waals surface area contributed by atoms with Crippen LogP contribution in [0, 0.1) is 0 Å². The molecule has 0 unspecified atom stereocenters. The van der Waals surface area contributed by atoms with E-state index >= 15 is 0 Å². The van der Waals surface area contributed by atoms with Gasteiger partial charge >= 0.3 is 5.97 Å². The van der Waals surface area contributed by atoms with Gasteiger partial charge in [-0.3, -0.25) is 4.79 Å². The molecule has 5 nitrogen and oxygen atoms in total. The fraction of sp³-hybridized carbons (Fsp3) is 0.667. The number of esters is 1. The molecule has 0 heterocycles. The fourth-order valence-electron chi connectivity index (χ4n) is 3.85. The van der Waals surface area contributed by atoms with Crippen LogP contribution in [-0.2, 0) is 14.9 Å². The summed E-state index contributed by atoms with van der Waals surface area (Å²) in [6, 6.07) is 5.81. The number of hydrogen-bond acceptors (Lipinski definition) is 5. The summed E-state index contributed by atoms with van der Waals surface area (Å²) < 4.78 is 16.5. The Morgan fingerprint density at radius 1 is 1.04 bits per heavy atom. The maximum Gasteiger partial charge on any atom is 0.316 e. The van der Waals surface area contributed by atoms with Crippen molar-refractivity contribution >= 4 is 5.97 Å². The van der Waals surface area contributed by atoms with Crippen LogP contribution in [0.25, 0.3) is 0 Å². The molecule has 1 aliphatic rings. The van der Waals surface area contributed by atoms with Gasteiger partial charge in [-0.2, -0.15) is 0 Å². The Bertz CT molecular complexity index is 577. The molecule has 1 aromatic carbocycles. The average molecular weight is 363 g/mol. The number of rotatable bonds is 9. The van der Waals surface area contributed by atoms with Gasteiger partial charge in [0.05, 0.1) is 19.6 Å². The van der Waals surface area contributed by atoms with Crippen LogP contribution in [0.15, 0.2) is 18.2 Å². The first kappa shape index (κ1) is 20.6. The van der Waals surface area contributed by atoms with Crippen molar-refractivity contribution in [1.29, 1.82) is 0 Å². The smallest absolute Gasteiger partial charge is 0.316 e. The molecule has 146 valence electrons. The summed E-state index contributed by atoms with van der Waals surface area (Å²) in [7, 11) is 3.24. The van der Waals surface area contributed by atoms with E-state index in [9.17, 15) is 4.79 Å². The van der Waals surface area contributed by atoms with Crippen molar-refractivity contribution in [2.75, 3.05) is 40.5 Å². The topological polar surface area (TPSA) is 48.0 Å². The van der Waals surface area contributed by atoms with E-state index < -0.39 is 5.41 Å². The molecule has 0 atom stereocenters. The summed E-state index contributed by atoms with van der Waals surface area (Å²) in [6.45, 7) is 7.40. The van der Waals surface area contributed by atoms with Crippen LogP contribution >= 0.6 is 0 Å². The van der Waals surface area contributed by atoms with Crippen molar-refractivity contribution < 1.29 is 19.0 Å². The van der Waals surface area contributed by atoms with E-state index in [1.807, 2.05) is 18.2 Å². The monoisotopic (exact) mass is 363 g/mol. The molecule has 26 heavy (non-hydrogen) atoms. The summed E-state index contributed by atoms with van der Waals surface area (Å²) in [5.41, 5.74) is 0.406. The highest BCUT2D eigenvalue weighted by Gasteiger charge is 2.43. The minimum Gasteiger partial charge on any atom is -0.493 e. The van der Waals surface area contributed by atoms with E-state index in [4.69, 9.17) is 14.2 Å². The third-order valence-corrected chi connectivity index (χ3v) is 5.57. The summed E-state index contributed by atoms with van der Waals surface area (Å²) >= 11 is 0. The predicted octanol–water partition coefficient (Wildman–Crippen LogP) is 3.79. The van der Waals surface area contributed by atoms with Gasteiger partial charge in [-0.25, -0.2) is 0 Å². The molecule has 0 aliphatic heterocycles. The maximum atomic E-state index is 13.1. The first-order valence-electron chi connectivity index (χ1n) is 9.73. The molecule has 1 fully saturated rings. The van der Waals surface area contributed by atoms with Crippen LogP contribution in [0.4, 0.5) is 0 Å². The van der Waals surface area contributed by atoms with E-state index in [0.717, 1.165) is 50.9 Å². The summed E-state index contributed by atoms with van der Waals surface area (Å²) in [5.74, 6) is 1.24. The van der Waals surface area contributed by atoms with Gasteiger partial charge in [0.15, 0.2) is 11.5 Å². The van der Waals surface area contributed by atoms with Crippen molar-refractivity contribution in [3.8, 4) is 11.5 Å². The number of benzene rings is 1. The molecule has 0 radical (unpaired) electrons. The molecule has 0 spiro atoms. The minimum absolute atomic E-state index is 0.100. The molecule has 1 aromatic rings. The number of methoxy groups -OCH3 is 2. The third-order valence-electron chi connectivity index (χ3n) is 5.57. The third kappa shape index (κ3) is 4.50. The zero-order valence-corrected chi connectivity index (χ0v) is 16.7. The van der Waals surface area contributed by atoms with Crippen molar-refractivity contribution in [1.82, 2.24) is 4.90 Å². The lowest BCUT2D eigenvalue weighted by atomic mass is 9.69. The number of likely N-dealkylation sites (N-methyl/N-ethyl adjacent to an activating group) is 1. The normalized spacial score (nSPS) is 16.3. The minimum atomic E-state index is -0.568. The standard InChI is InChI=1S/C21H33NO4/c1-5-22(6-2)14-15-26-20(23)21(12-8-7-9-13-21)17-10-11-18(24-3)19(16-17)25-4/h10-11,16H,5-9,12-15H2,1-4H3. The predicted molar refractivity (Wildman–Crippen MR) is 103 cm³/mol. The van der Waals surface area contributed by atoms with Crippen molar-refractivity contribution in [3.05, 3.63) is 23.8 Å². The molecular formula is C21H33NO4. The Kier molecular flexibility index (Phi) is 7.76. The number of carbonyl (C=O) groups is 1. The Morgan fingerprint density at radius 3 is 2.27 bits per heavy atom. The van der Waals surface area contributed by atoms with Crippen LogP contribution in [0.2, 0.25) is 0 Å². The Hall–Kier alpha value is -1.75. The highest BCUT2D eigenvalue weighted by atomic mass is 16.5. The number of nitrogens with zero attached hydrogens (tertiary/aromatic N) is 1. The van der Waals surface area contributed by atoms with E-state index in [2.05, 4.69) is 18.7 Å². The molecule has 1 aliphatic carbocycles. The van der Waals surface area contributed by atoms with Gasteiger partial charge in [0.2, 0.25) is 0 Å². The van der Waals surface area contributed by atoms with Crippen LogP contribution in [0.5, 0.6) is 11.5 Å². The highest BCUT2D eigenvalue weighted by molar-refractivity contribution is 5.83. The molecule has 0 amide bonds. The summed E-state index contributed by atoms with van der Waals surface area (Å²) in [5, 5.41) is 0. The van der Waals surface area contributed by atoms with Gasteiger partial charge in [0, 0.05) is 6.54 Å². The average Bonchev–Trinajstić information content (AvgIpc) is 2.70. The van der Waals surface area contributed by atoms with Crippen LogP contribution in [0.1, 0.15) is 51.5 Å². The maximum absolute atomic E-state index is 13.1. The lowest BCUT2D eigenvalue weighted by Gasteiger charge is -2.36. The van der Waals surface area contributed by atoms with Crippen LogP contribution in [-0.4, -0.2) is 51.3 Å². The van der Waals surface area contributed by atoms with Gasteiger partial charge in [0.25, 0.3) is 0 Å². The molecule has 1 saturated carbocycles. The molecular weight excluding hydrogens is 330 g/mol. The SMILES string of the molecule is CCN(CC)CCOC(=O)C1(c2ccc(OC)c(OC)c2)CCCCC1. The summed E-state index contributed by atoms with van der Waals surface area (Å²) in [6.07, 6.45) is 4.90. The fourth-order valence-corrected chi connectivity index (χ4v) is 3.85. The van der Waals surface area contributed by atoms with Gasteiger partial charge in [-0.15, -0.1) is 0 Å². The number of hydrogen-bond donors (Lipinski definition) is 0. The number of carbonyl (C=O) groups excluding carboxylic acids is 1. The summed E-state index contributed by atoms with van der Waals surface area (Å²) in [4.78, 5) is 15.4. The lowest BCUT2D eigenvalue weighted by Crippen LogP contribution is -2.40. The second-order valence-electron chi connectivity index (χ2n) is 6.88. The van der Waals surface area contributed by atoms with Crippen molar-refractivity contribution in [2.24, 2.45) is 0 Å². The second kappa shape index (κ2) is 9.81. The van der Waals surface area contributed by atoms with Gasteiger partial charge in [-0.1, -0.05) is 39.2 Å². The largest absolute Gasteiger partial charge is 0.493 e. The Morgan fingerprint density at radius 2 is 1.69 bits per heavy atom. The zero-order valence-electron chi connectivity index (χ0n) is 16.7. The lowest BCUT2D eigenvalue weighted by molar-refractivity contribution is -0.152. The van der Waals surface area contributed by atoms with Crippen LogP contribution < -0.4 is 9.47 Å². The highest BCUT2D eigenvalue weighted by Crippen LogP contribution is 2.43. The molecule has 0 saturated heterocycles. The van der Waals surface area contributed by atoms with E-state index in [1.54, 1.807) is 14.2 Å². The first-order chi connectivity index (χ1) is 12.6. The molecule has 2 rings (SSSR count). The van der Waals surface area contributed by atoms with E-state index in [1.165, 1.54) is 6.42 Å². The number of ether oxygens (including phenoxy) is 3. The van der Waals surface area contributed by atoms with Crippen molar-refractivity contribution in [2.45, 2.75) is 51.4 Å². The van der Waals surface area contributed by atoms with Crippen molar-refractivity contribution in [3.63, 3.8) is 0 Å². The van der Waals surface area contributed by atoms with Gasteiger partial charge in [-0.05, 0) is 43.6 Å². The van der Waals surface area contributed by atoms with Gasteiger partial charge in [0.1, 0.15) is 6.61 Å². The Balaban J connectivity index is 2.21. The molecule has 0 bridgehead atoms. The van der Waals surface area contributed by atoms with E-state index in [-0.39, 0.29) is 5.97 Å². The quantitative estimate of drug-likeness (QED) is 0.625. The zero-order chi connectivity index (χ0) is 19.0.